The average molecular weight is 475 g/mol. The van der Waals surface area contributed by atoms with Crippen LogP contribution < -0.4 is 14.4 Å². The Labute approximate surface area is 210 Å². The van der Waals surface area contributed by atoms with E-state index in [1.165, 1.54) is 0 Å². The van der Waals surface area contributed by atoms with Crippen molar-refractivity contribution in [2.24, 2.45) is 0 Å². The van der Waals surface area contributed by atoms with Crippen molar-refractivity contribution in [1.29, 1.82) is 0 Å². The third kappa shape index (κ3) is 6.64. The zero-order valence-corrected chi connectivity index (χ0v) is 21.8. The summed E-state index contributed by atoms with van der Waals surface area (Å²) in [6, 6.07) is 24.5. The lowest BCUT2D eigenvalue weighted by Gasteiger charge is -2.30. The summed E-state index contributed by atoms with van der Waals surface area (Å²) in [5.74, 6) is 1.25. The molecule has 0 spiro atoms. The monoisotopic (exact) mass is 474 g/mol. The van der Waals surface area contributed by atoms with Crippen LogP contribution in [0.2, 0.25) is 0 Å². The van der Waals surface area contributed by atoms with Gasteiger partial charge in [0.1, 0.15) is 6.61 Å². The van der Waals surface area contributed by atoms with Gasteiger partial charge in [0.25, 0.3) is 5.91 Å². The van der Waals surface area contributed by atoms with Gasteiger partial charge in [-0.05, 0) is 70.0 Å². The fraction of sp³-hybridized carbons (Fsp3) is 0.367. The topological polar surface area (TPSA) is 42.0 Å². The van der Waals surface area contributed by atoms with Crippen LogP contribution in [0.25, 0.3) is 11.1 Å². The van der Waals surface area contributed by atoms with E-state index in [1.54, 1.807) is 12.0 Å². The van der Waals surface area contributed by atoms with E-state index >= 15 is 0 Å². The Kier molecular flexibility index (Phi) is 9.32. The van der Waals surface area contributed by atoms with E-state index in [1.807, 2.05) is 67.6 Å². The molecule has 0 saturated carbocycles. The van der Waals surface area contributed by atoms with Gasteiger partial charge < -0.3 is 14.4 Å². The molecule has 0 aliphatic carbocycles. The minimum atomic E-state index is -0.0488. The Morgan fingerprint density at radius 2 is 1.46 bits per heavy atom. The van der Waals surface area contributed by atoms with Gasteiger partial charge in [-0.1, -0.05) is 42.5 Å². The molecule has 0 unspecified atom stereocenters. The van der Waals surface area contributed by atoms with Gasteiger partial charge >= 0.3 is 0 Å². The fourth-order valence-electron chi connectivity index (χ4n) is 4.35. The molecule has 0 bridgehead atoms. The molecule has 0 aromatic heterocycles. The Morgan fingerprint density at radius 3 is 2.03 bits per heavy atom. The number of ether oxygens (including phenoxy) is 2. The standard InChI is InChI=1S/C30H38N2O3/c1-7-31(30(33)26-15-13-25(14-16-26)24-11-9-8-10-12-24)27-17-18-28(29(21-27)34-6)35-20-19-32(22(2)3)23(4)5/h8-18,21-23H,7,19-20H2,1-6H3. The molecule has 186 valence electrons. The van der Waals surface area contributed by atoms with E-state index in [0.717, 1.165) is 23.4 Å². The summed E-state index contributed by atoms with van der Waals surface area (Å²) in [7, 11) is 1.63. The van der Waals surface area contributed by atoms with E-state index in [-0.39, 0.29) is 5.91 Å². The molecule has 5 nitrogen and oxygen atoms in total. The molecule has 0 aliphatic rings. The molecule has 3 aromatic carbocycles. The summed E-state index contributed by atoms with van der Waals surface area (Å²) in [6.45, 7) is 12.7. The summed E-state index contributed by atoms with van der Waals surface area (Å²) in [6.07, 6.45) is 0. The highest BCUT2D eigenvalue weighted by molar-refractivity contribution is 6.06. The van der Waals surface area contributed by atoms with Crippen LogP contribution in [0.4, 0.5) is 5.69 Å². The number of benzene rings is 3. The first-order valence-corrected chi connectivity index (χ1v) is 12.4. The molecule has 3 aromatic rings. The van der Waals surface area contributed by atoms with Gasteiger partial charge in [0, 0.05) is 42.5 Å². The molecule has 0 radical (unpaired) electrons. The predicted octanol–water partition coefficient (Wildman–Crippen LogP) is 6.53. The van der Waals surface area contributed by atoms with Crippen LogP contribution in [0.15, 0.2) is 72.8 Å². The quantitative estimate of drug-likeness (QED) is 0.317. The second-order valence-electron chi connectivity index (χ2n) is 9.10. The van der Waals surface area contributed by atoms with Crippen LogP contribution in [0.1, 0.15) is 45.0 Å². The number of rotatable bonds is 11. The Balaban J connectivity index is 1.73. The number of hydrogen-bond donors (Lipinski definition) is 0. The second kappa shape index (κ2) is 12.4. The number of methoxy groups -OCH3 is 1. The normalized spacial score (nSPS) is 11.2. The maximum atomic E-state index is 13.3. The minimum Gasteiger partial charge on any atom is -0.493 e. The van der Waals surface area contributed by atoms with Crippen LogP contribution in [0.3, 0.4) is 0 Å². The molecule has 0 fully saturated rings. The highest BCUT2D eigenvalue weighted by Crippen LogP contribution is 2.32. The number of carbonyl (C=O) groups is 1. The minimum absolute atomic E-state index is 0.0488. The zero-order valence-electron chi connectivity index (χ0n) is 21.8. The van der Waals surface area contributed by atoms with Crippen LogP contribution in [-0.4, -0.2) is 49.7 Å². The highest BCUT2D eigenvalue weighted by atomic mass is 16.5. The smallest absolute Gasteiger partial charge is 0.258 e. The molecular formula is C30H38N2O3. The molecule has 0 aliphatic heterocycles. The molecule has 0 saturated heterocycles. The highest BCUT2D eigenvalue weighted by Gasteiger charge is 2.19. The number of hydrogen-bond acceptors (Lipinski definition) is 4. The largest absolute Gasteiger partial charge is 0.493 e. The van der Waals surface area contributed by atoms with E-state index in [9.17, 15) is 4.79 Å². The maximum Gasteiger partial charge on any atom is 0.258 e. The molecule has 5 heteroatoms. The summed E-state index contributed by atoms with van der Waals surface area (Å²) in [4.78, 5) is 17.5. The first-order valence-electron chi connectivity index (χ1n) is 12.4. The van der Waals surface area contributed by atoms with Crippen molar-refractivity contribution >= 4 is 11.6 Å². The van der Waals surface area contributed by atoms with Gasteiger partial charge in [-0.25, -0.2) is 0 Å². The SMILES string of the molecule is CCN(C(=O)c1ccc(-c2ccccc2)cc1)c1ccc(OCCN(C(C)C)C(C)C)c(OC)c1. The molecule has 1 amide bonds. The van der Waals surface area contributed by atoms with Crippen molar-refractivity contribution in [3.05, 3.63) is 78.4 Å². The van der Waals surface area contributed by atoms with Crippen LogP contribution in [0, 0.1) is 0 Å². The molecule has 0 heterocycles. The predicted molar refractivity (Wildman–Crippen MR) is 145 cm³/mol. The lowest BCUT2D eigenvalue weighted by atomic mass is 10.0. The third-order valence-electron chi connectivity index (χ3n) is 6.19. The number of nitrogens with zero attached hydrogens (tertiary/aromatic N) is 2. The Hall–Kier alpha value is -3.31. The van der Waals surface area contributed by atoms with E-state index in [2.05, 4.69) is 44.7 Å². The zero-order chi connectivity index (χ0) is 25.4. The summed E-state index contributed by atoms with van der Waals surface area (Å²) in [5, 5.41) is 0. The number of anilines is 1. The van der Waals surface area contributed by atoms with Crippen molar-refractivity contribution in [3.63, 3.8) is 0 Å². The molecule has 35 heavy (non-hydrogen) atoms. The van der Waals surface area contributed by atoms with Gasteiger partial charge in [0.15, 0.2) is 11.5 Å². The fourth-order valence-corrected chi connectivity index (χ4v) is 4.35. The first-order chi connectivity index (χ1) is 16.8. The van der Waals surface area contributed by atoms with Crippen molar-refractivity contribution in [2.45, 2.75) is 46.7 Å². The molecule has 0 N–H and O–H groups in total. The van der Waals surface area contributed by atoms with Crippen molar-refractivity contribution in [1.82, 2.24) is 4.90 Å². The summed E-state index contributed by atoms with van der Waals surface area (Å²) < 4.78 is 11.7. The van der Waals surface area contributed by atoms with Crippen LogP contribution >= 0.6 is 0 Å². The van der Waals surface area contributed by atoms with Gasteiger partial charge in [0.05, 0.1) is 7.11 Å². The van der Waals surface area contributed by atoms with Gasteiger partial charge in [0.2, 0.25) is 0 Å². The van der Waals surface area contributed by atoms with E-state index in [0.29, 0.717) is 42.3 Å². The van der Waals surface area contributed by atoms with Gasteiger partial charge in [-0.2, -0.15) is 0 Å². The number of carbonyl (C=O) groups excluding carboxylic acids is 1. The Morgan fingerprint density at radius 1 is 0.829 bits per heavy atom. The second-order valence-corrected chi connectivity index (χ2v) is 9.10. The lowest BCUT2D eigenvalue weighted by Crippen LogP contribution is -2.39. The lowest BCUT2D eigenvalue weighted by molar-refractivity contribution is 0.0988. The average Bonchev–Trinajstić information content (AvgIpc) is 2.87. The Bertz CT molecular complexity index is 1070. The summed E-state index contributed by atoms with van der Waals surface area (Å²) >= 11 is 0. The van der Waals surface area contributed by atoms with Gasteiger partial charge in [-0.15, -0.1) is 0 Å². The van der Waals surface area contributed by atoms with Crippen molar-refractivity contribution in [2.75, 3.05) is 31.7 Å². The van der Waals surface area contributed by atoms with Gasteiger partial charge in [-0.3, -0.25) is 9.69 Å². The van der Waals surface area contributed by atoms with E-state index < -0.39 is 0 Å². The van der Waals surface area contributed by atoms with Crippen LogP contribution in [0.5, 0.6) is 11.5 Å². The third-order valence-corrected chi connectivity index (χ3v) is 6.19. The first kappa shape index (κ1) is 26.3. The van der Waals surface area contributed by atoms with Crippen molar-refractivity contribution < 1.29 is 14.3 Å². The number of amides is 1. The van der Waals surface area contributed by atoms with E-state index in [4.69, 9.17) is 9.47 Å². The molecular weight excluding hydrogens is 436 g/mol. The molecule has 3 rings (SSSR count). The summed E-state index contributed by atoms with van der Waals surface area (Å²) in [5.41, 5.74) is 3.64. The van der Waals surface area contributed by atoms with Crippen molar-refractivity contribution in [3.8, 4) is 22.6 Å². The maximum absolute atomic E-state index is 13.3. The molecule has 0 atom stereocenters. The van der Waals surface area contributed by atoms with Crippen LogP contribution in [-0.2, 0) is 0 Å².